The van der Waals surface area contributed by atoms with Crippen LogP contribution < -0.4 is 9.47 Å². The second kappa shape index (κ2) is 6.05. The van der Waals surface area contributed by atoms with Crippen molar-refractivity contribution in [3.8, 4) is 10.9 Å². The maximum atomic E-state index is 13.3. The summed E-state index contributed by atoms with van der Waals surface area (Å²) < 4.78 is 37.8. The van der Waals surface area contributed by atoms with E-state index in [0.717, 1.165) is 22.3 Å². The fourth-order valence-corrected chi connectivity index (χ4v) is 2.62. The highest BCUT2D eigenvalue weighted by atomic mass is 32.1. The van der Waals surface area contributed by atoms with Gasteiger partial charge in [0, 0.05) is 6.07 Å². The molecule has 0 aliphatic heterocycles. The average molecular weight is 307 g/mol. The molecule has 0 saturated heterocycles. The Kier molecular flexibility index (Phi) is 3.96. The molecule has 0 saturated carbocycles. The molecule has 21 heavy (non-hydrogen) atoms. The van der Waals surface area contributed by atoms with Gasteiger partial charge in [-0.15, -0.1) is 0 Å². The van der Waals surface area contributed by atoms with Gasteiger partial charge in [0.15, 0.2) is 11.6 Å². The first-order valence-electron chi connectivity index (χ1n) is 6.28. The van der Waals surface area contributed by atoms with Crippen LogP contribution in [0.1, 0.15) is 0 Å². The van der Waals surface area contributed by atoms with Crippen LogP contribution in [0.15, 0.2) is 42.5 Å². The van der Waals surface area contributed by atoms with Crippen LogP contribution in [0.25, 0.3) is 10.2 Å². The van der Waals surface area contributed by atoms with Crippen molar-refractivity contribution in [2.75, 3.05) is 13.2 Å². The predicted octanol–water partition coefficient (Wildman–Crippen LogP) is 4.03. The summed E-state index contributed by atoms with van der Waals surface area (Å²) in [7, 11) is 0. The zero-order valence-corrected chi connectivity index (χ0v) is 11.7. The summed E-state index contributed by atoms with van der Waals surface area (Å²) >= 11 is 1.44. The lowest BCUT2D eigenvalue weighted by atomic mass is 10.3. The van der Waals surface area contributed by atoms with Crippen LogP contribution in [0.3, 0.4) is 0 Å². The van der Waals surface area contributed by atoms with Gasteiger partial charge in [-0.2, -0.15) is 0 Å². The number of fused-ring (bicyclic) bond motifs is 1. The number of ether oxygens (including phenoxy) is 2. The van der Waals surface area contributed by atoms with Gasteiger partial charge in [0.2, 0.25) is 0 Å². The number of para-hydroxylation sites is 1. The summed E-state index contributed by atoms with van der Waals surface area (Å²) in [5.41, 5.74) is 0.878. The number of thiazole rings is 1. The molecule has 6 heteroatoms. The molecule has 0 bridgehead atoms. The maximum Gasteiger partial charge on any atom is 0.274 e. The highest BCUT2D eigenvalue weighted by Gasteiger charge is 2.06. The largest absolute Gasteiger partial charge is 0.487 e. The van der Waals surface area contributed by atoms with Crippen LogP contribution in [0, 0.1) is 11.6 Å². The highest BCUT2D eigenvalue weighted by Crippen LogP contribution is 2.27. The first kappa shape index (κ1) is 13.8. The Bertz CT molecular complexity index is 727. The predicted molar refractivity (Wildman–Crippen MR) is 77.0 cm³/mol. The standard InChI is InChI=1S/C15H11F2NO2S/c16-10-5-6-13(11(17)9-10)19-7-8-20-15-18-12-3-1-2-4-14(12)21-15/h1-6,9H,7-8H2. The Hall–Kier alpha value is -2.21. The topological polar surface area (TPSA) is 31.4 Å². The van der Waals surface area contributed by atoms with Gasteiger partial charge in [0.1, 0.15) is 19.0 Å². The van der Waals surface area contributed by atoms with Crippen LogP contribution in [0.4, 0.5) is 8.78 Å². The molecular weight excluding hydrogens is 296 g/mol. The molecule has 2 aromatic carbocycles. The van der Waals surface area contributed by atoms with Crippen LogP contribution in [0.5, 0.6) is 10.9 Å². The van der Waals surface area contributed by atoms with Gasteiger partial charge in [-0.3, -0.25) is 0 Å². The van der Waals surface area contributed by atoms with Crippen LogP contribution >= 0.6 is 11.3 Å². The van der Waals surface area contributed by atoms with Crippen molar-refractivity contribution in [2.24, 2.45) is 0 Å². The minimum atomic E-state index is -0.727. The molecule has 3 aromatic rings. The number of halogens is 2. The van der Waals surface area contributed by atoms with E-state index >= 15 is 0 Å². The minimum Gasteiger partial charge on any atom is -0.487 e. The number of rotatable bonds is 5. The van der Waals surface area contributed by atoms with Crippen molar-refractivity contribution < 1.29 is 18.3 Å². The SMILES string of the molecule is Fc1ccc(OCCOc2nc3ccccc3s2)c(F)c1. The van der Waals surface area contributed by atoms with E-state index in [-0.39, 0.29) is 19.0 Å². The summed E-state index contributed by atoms with van der Waals surface area (Å²) in [6, 6.07) is 10.9. The summed E-state index contributed by atoms with van der Waals surface area (Å²) in [5, 5.41) is 0.541. The quantitative estimate of drug-likeness (QED) is 0.667. The van der Waals surface area contributed by atoms with Crippen molar-refractivity contribution in [2.45, 2.75) is 0 Å². The summed E-state index contributed by atoms with van der Waals surface area (Å²) in [5.74, 6) is -1.36. The zero-order valence-electron chi connectivity index (χ0n) is 10.9. The molecule has 1 aromatic heterocycles. The normalized spacial score (nSPS) is 10.8. The number of hydrogen-bond acceptors (Lipinski definition) is 4. The van der Waals surface area contributed by atoms with Crippen LogP contribution in [-0.2, 0) is 0 Å². The van der Waals surface area contributed by atoms with Gasteiger partial charge in [0.05, 0.1) is 10.2 Å². The zero-order chi connectivity index (χ0) is 14.7. The van der Waals surface area contributed by atoms with Gasteiger partial charge in [-0.05, 0) is 24.3 Å². The summed E-state index contributed by atoms with van der Waals surface area (Å²) in [6.45, 7) is 0.384. The molecule has 0 amide bonds. The molecule has 0 atom stereocenters. The first-order valence-corrected chi connectivity index (χ1v) is 7.10. The van der Waals surface area contributed by atoms with Gasteiger partial charge in [-0.1, -0.05) is 23.5 Å². The smallest absolute Gasteiger partial charge is 0.274 e. The molecule has 0 N–H and O–H groups in total. The molecule has 1 heterocycles. The lowest BCUT2D eigenvalue weighted by Crippen LogP contribution is -2.09. The third-order valence-corrected chi connectivity index (χ3v) is 3.68. The Balaban J connectivity index is 1.54. The Labute approximate surface area is 123 Å². The number of aromatic nitrogens is 1. The summed E-state index contributed by atoms with van der Waals surface area (Å²) in [6.07, 6.45) is 0. The van der Waals surface area contributed by atoms with Crippen molar-refractivity contribution in [3.05, 3.63) is 54.1 Å². The minimum absolute atomic E-state index is 0.00398. The van der Waals surface area contributed by atoms with Crippen molar-refractivity contribution in [1.82, 2.24) is 4.98 Å². The lowest BCUT2D eigenvalue weighted by Gasteiger charge is -2.07. The molecule has 0 spiro atoms. The van der Waals surface area contributed by atoms with Crippen molar-refractivity contribution in [1.29, 1.82) is 0 Å². The molecule has 0 aliphatic carbocycles. The van der Waals surface area contributed by atoms with Gasteiger partial charge in [0.25, 0.3) is 5.19 Å². The van der Waals surface area contributed by atoms with E-state index in [1.54, 1.807) is 0 Å². The third-order valence-electron chi connectivity index (χ3n) is 2.73. The molecule has 0 radical (unpaired) electrons. The van der Waals surface area contributed by atoms with E-state index in [1.165, 1.54) is 17.4 Å². The molecule has 0 fully saturated rings. The van der Waals surface area contributed by atoms with E-state index in [2.05, 4.69) is 4.98 Å². The lowest BCUT2D eigenvalue weighted by molar-refractivity contribution is 0.211. The fourth-order valence-electron chi connectivity index (χ4n) is 1.79. The second-order valence-electron chi connectivity index (χ2n) is 4.22. The Morgan fingerprint density at radius 1 is 1.00 bits per heavy atom. The molecular formula is C15H11F2NO2S. The summed E-state index contributed by atoms with van der Waals surface area (Å²) in [4.78, 5) is 4.30. The Morgan fingerprint density at radius 3 is 2.62 bits per heavy atom. The third kappa shape index (κ3) is 3.28. The Morgan fingerprint density at radius 2 is 1.81 bits per heavy atom. The van der Waals surface area contributed by atoms with Crippen molar-refractivity contribution in [3.63, 3.8) is 0 Å². The second-order valence-corrected chi connectivity index (χ2v) is 5.21. The number of nitrogens with zero attached hydrogens (tertiary/aromatic N) is 1. The fraction of sp³-hybridized carbons (Fsp3) is 0.133. The van der Waals surface area contributed by atoms with Crippen molar-refractivity contribution >= 4 is 21.6 Å². The molecule has 3 rings (SSSR count). The van der Waals surface area contributed by atoms with E-state index in [9.17, 15) is 8.78 Å². The monoisotopic (exact) mass is 307 g/mol. The van der Waals surface area contributed by atoms with Crippen LogP contribution in [0.2, 0.25) is 0 Å². The molecule has 108 valence electrons. The number of benzene rings is 2. The molecule has 3 nitrogen and oxygen atoms in total. The average Bonchev–Trinajstić information content (AvgIpc) is 2.88. The van der Waals surface area contributed by atoms with Crippen LogP contribution in [-0.4, -0.2) is 18.2 Å². The highest BCUT2D eigenvalue weighted by molar-refractivity contribution is 7.20. The van der Waals surface area contributed by atoms with E-state index in [1.807, 2.05) is 24.3 Å². The molecule has 0 unspecified atom stereocenters. The van der Waals surface area contributed by atoms with Gasteiger partial charge in [-0.25, -0.2) is 13.8 Å². The van der Waals surface area contributed by atoms with Gasteiger partial charge < -0.3 is 9.47 Å². The first-order chi connectivity index (χ1) is 10.2. The molecule has 0 aliphatic rings. The maximum absolute atomic E-state index is 13.3. The van der Waals surface area contributed by atoms with E-state index in [4.69, 9.17) is 9.47 Å². The van der Waals surface area contributed by atoms with E-state index < -0.39 is 11.6 Å². The number of hydrogen-bond donors (Lipinski definition) is 0. The van der Waals surface area contributed by atoms with E-state index in [0.29, 0.717) is 5.19 Å². The van der Waals surface area contributed by atoms with Gasteiger partial charge >= 0.3 is 0 Å².